The van der Waals surface area contributed by atoms with Crippen LogP contribution in [0.5, 0.6) is 11.5 Å². The van der Waals surface area contributed by atoms with E-state index < -0.39 is 0 Å². The molecule has 1 atom stereocenters. The van der Waals surface area contributed by atoms with Crippen LogP contribution in [0.2, 0.25) is 0 Å². The van der Waals surface area contributed by atoms with Crippen LogP contribution < -0.4 is 9.47 Å². The smallest absolute Gasteiger partial charge is 0.265 e. The monoisotopic (exact) mass is 348 g/mol. The van der Waals surface area contributed by atoms with Gasteiger partial charge < -0.3 is 14.4 Å². The molecular formula is C18H24N2O3S. The lowest BCUT2D eigenvalue weighted by molar-refractivity contribution is 0.0744. The number of benzene rings is 1. The van der Waals surface area contributed by atoms with Crippen LogP contribution in [0.15, 0.2) is 18.2 Å². The molecule has 0 N–H and O–H groups in total. The summed E-state index contributed by atoms with van der Waals surface area (Å²) in [5.41, 5.74) is 1.66. The number of hydrogen-bond donors (Lipinski definition) is 0. The maximum atomic E-state index is 12.7. The topological polar surface area (TPSA) is 51.7 Å². The fourth-order valence-electron chi connectivity index (χ4n) is 2.32. The lowest BCUT2D eigenvalue weighted by Crippen LogP contribution is -2.34. The Bertz CT molecular complexity index is 727. The third-order valence-corrected chi connectivity index (χ3v) is 5.39. The van der Waals surface area contributed by atoms with Crippen molar-refractivity contribution in [2.75, 3.05) is 21.3 Å². The predicted molar refractivity (Wildman–Crippen MR) is 97.2 cm³/mol. The first-order chi connectivity index (χ1) is 11.4. The van der Waals surface area contributed by atoms with Gasteiger partial charge in [-0.3, -0.25) is 4.79 Å². The SMILES string of the molecule is CCC(C)N(C)C(=O)c1sc(-c2ccc(OC)c(OC)c2)nc1C. The highest BCUT2D eigenvalue weighted by molar-refractivity contribution is 7.17. The average molecular weight is 348 g/mol. The molecule has 1 heterocycles. The Morgan fingerprint density at radius 2 is 1.96 bits per heavy atom. The molecule has 6 heteroatoms. The molecule has 2 rings (SSSR count). The van der Waals surface area contributed by atoms with E-state index in [1.165, 1.54) is 11.3 Å². The first kappa shape index (κ1) is 18.3. The highest BCUT2D eigenvalue weighted by Crippen LogP contribution is 2.35. The molecule has 0 aliphatic rings. The highest BCUT2D eigenvalue weighted by atomic mass is 32.1. The summed E-state index contributed by atoms with van der Waals surface area (Å²) >= 11 is 1.41. The lowest BCUT2D eigenvalue weighted by Gasteiger charge is -2.23. The van der Waals surface area contributed by atoms with Crippen molar-refractivity contribution >= 4 is 17.2 Å². The minimum absolute atomic E-state index is 0.0195. The molecule has 1 aromatic heterocycles. The second-order valence-corrected chi connectivity index (χ2v) is 6.68. The van der Waals surface area contributed by atoms with Crippen molar-refractivity contribution in [3.8, 4) is 22.1 Å². The summed E-state index contributed by atoms with van der Waals surface area (Å²) in [6, 6.07) is 5.84. The Hall–Kier alpha value is -2.08. The number of methoxy groups -OCH3 is 2. The van der Waals surface area contributed by atoms with E-state index in [4.69, 9.17) is 9.47 Å². The highest BCUT2D eigenvalue weighted by Gasteiger charge is 2.22. The first-order valence-corrected chi connectivity index (χ1v) is 8.71. The predicted octanol–water partition coefficient (Wildman–Crippen LogP) is 4.01. The Morgan fingerprint density at radius 3 is 2.54 bits per heavy atom. The third kappa shape index (κ3) is 3.53. The van der Waals surface area contributed by atoms with Gasteiger partial charge in [-0.2, -0.15) is 0 Å². The van der Waals surface area contributed by atoms with Crippen molar-refractivity contribution < 1.29 is 14.3 Å². The van der Waals surface area contributed by atoms with Crippen molar-refractivity contribution in [2.24, 2.45) is 0 Å². The molecule has 24 heavy (non-hydrogen) atoms. The van der Waals surface area contributed by atoms with Crippen molar-refractivity contribution in [1.29, 1.82) is 0 Å². The number of thiazole rings is 1. The van der Waals surface area contributed by atoms with Crippen molar-refractivity contribution in [3.05, 3.63) is 28.8 Å². The first-order valence-electron chi connectivity index (χ1n) is 7.89. The van der Waals surface area contributed by atoms with Crippen molar-refractivity contribution in [3.63, 3.8) is 0 Å². The number of ether oxygens (including phenoxy) is 2. The number of rotatable bonds is 6. The van der Waals surface area contributed by atoms with Crippen LogP contribution in [0, 0.1) is 6.92 Å². The van der Waals surface area contributed by atoms with Gasteiger partial charge in [-0.25, -0.2) is 4.98 Å². The Kier molecular flexibility index (Phi) is 5.83. The van der Waals surface area contributed by atoms with E-state index in [9.17, 15) is 4.79 Å². The molecule has 0 saturated heterocycles. The van der Waals surface area contributed by atoms with Gasteiger partial charge in [-0.1, -0.05) is 6.92 Å². The number of carbonyl (C=O) groups is 1. The quantitative estimate of drug-likeness (QED) is 0.791. The fourth-order valence-corrected chi connectivity index (χ4v) is 3.37. The van der Waals surface area contributed by atoms with E-state index in [-0.39, 0.29) is 11.9 Å². The van der Waals surface area contributed by atoms with Crippen LogP contribution in [-0.4, -0.2) is 43.1 Å². The Morgan fingerprint density at radius 1 is 1.29 bits per heavy atom. The molecule has 0 aliphatic heterocycles. The van der Waals surface area contributed by atoms with Crippen LogP contribution >= 0.6 is 11.3 Å². The second-order valence-electron chi connectivity index (χ2n) is 5.68. The summed E-state index contributed by atoms with van der Waals surface area (Å²) in [5, 5.41) is 0.800. The molecule has 1 amide bonds. The second kappa shape index (κ2) is 7.66. The third-order valence-electron chi connectivity index (χ3n) is 4.19. The number of nitrogens with zero attached hydrogens (tertiary/aromatic N) is 2. The molecule has 1 unspecified atom stereocenters. The van der Waals surface area contributed by atoms with Gasteiger partial charge in [0.1, 0.15) is 9.88 Å². The van der Waals surface area contributed by atoms with Gasteiger partial charge in [0.25, 0.3) is 5.91 Å². The van der Waals surface area contributed by atoms with E-state index in [0.717, 1.165) is 22.7 Å². The molecule has 5 nitrogen and oxygen atoms in total. The van der Waals surface area contributed by atoms with Gasteiger partial charge in [0.05, 0.1) is 19.9 Å². The summed E-state index contributed by atoms with van der Waals surface area (Å²) in [6.45, 7) is 5.99. The number of amides is 1. The Labute approximate surface area is 147 Å². The van der Waals surface area contributed by atoms with Crippen molar-refractivity contribution in [1.82, 2.24) is 9.88 Å². The maximum absolute atomic E-state index is 12.7. The molecule has 130 valence electrons. The van der Waals surface area contributed by atoms with Gasteiger partial charge in [-0.15, -0.1) is 11.3 Å². The molecule has 0 aliphatic carbocycles. The average Bonchev–Trinajstić information content (AvgIpc) is 3.00. The molecule has 0 bridgehead atoms. The molecule has 0 fully saturated rings. The van der Waals surface area contributed by atoms with Crippen LogP contribution in [0.1, 0.15) is 35.6 Å². The zero-order chi connectivity index (χ0) is 17.9. The molecule has 2 aromatic rings. The number of aryl methyl sites for hydroxylation is 1. The summed E-state index contributed by atoms with van der Waals surface area (Å²) < 4.78 is 10.6. The van der Waals surface area contributed by atoms with E-state index in [0.29, 0.717) is 16.4 Å². The zero-order valence-corrected chi connectivity index (χ0v) is 15.9. The minimum atomic E-state index is 0.0195. The van der Waals surface area contributed by atoms with Gasteiger partial charge >= 0.3 is 0 Å². The van der Waals surface area contributed by atoms with Crippen molar-refractivity contribution in [2.45, 2.75) is 33.2 Å². The van der Waals surface area contributed by atoms with Gasteiger partial charge in [0, 0.05) is 18.7 Å². The maximum Gasteiger partial charge on any atom is 0.265 e. The minimum Gasteiger partial charge on any atom is -0.493 e. The lowest BCUT2D eigenvalue weighted by atomic mass is 10.2. The molecule has 0 radical (unpaired) electrons. The van der Waals surface area contributed by atoms with Crippen LogP contribution in [0.4, 0.5) is 0 Å². The largest absolute Gasteiger partial charge is 0.493 e. The van der Waals surface area contributed by atoms with Crippen LogP contribution in [0.25, 0.3) is 10.6 Å². The number of hydrogen-bond acceptors (Lipinski definition) is 5. The van der Waals surface area contributed by atoms with Gasteiger partial charge in [0.2, 0.25) is 0 Å². The summed E-state index contributed by atoms with van der Waals surface area (Å²) in [7, 11) is 5.04. The summed E-state index contributed by atoms with van der Waals surface area (Å²) in [4.78, 5) is 19.7. The number of aromatic nitrogens is 1. The van der Waals surface area contributed by atoms with Gasteiger partial charge in [-0.05, 0) is 38.5 Å². The van der Waals surface area contributed by atoms with E-state index in [1.54, 1.807) is 19.1 Å². The summed E-state index contributed by atoms with van der Waals surface area (Å²) in [5.74, 6) is 1.33. The van der Waals surface area contributed by atoms with Crippen LogP contribution in [-0.2, 0) is 0 Å². The fraction of sp³-hybridized carbons (Fsp3) is 0.444. The standard InChI is InChI=1S/C18H24N2O3S/c1-7-11(2)20(4)18(21)16-12(3)19-17(24-16)13-8-9-14(22-5)15(10-13)23-6/h8-11H,7H2,1-6H3. The van der Waals surface area contributed by atoms with Crippen LogP contribution in [0.3, 0.4) is 0 Å². The molecule has 0 spiro atoms. The Balaban J connectivity index is 2.37. The van der Waals surface area contributed by atoms with E-state index in [2.05, 4.69) is 11.9 Å². The molecular weight excluding hydrogens is 324 g/mol. The van der Waals surface area contributed by atoms with E-state index in [1.807, 2.05) is 39.1 Å². The zero-order valence-electron chi connectivity index (χ0n) is 15.0. The molecule has 0 saturated carbocycles. The van der Waals surface area contributed by atoms with E-state index >= 15 is 0 Å². The van der Waals surface area contributed by atoms with Gasteiger partial charge in [0.15, 0.2) is 11.5 Å². The summed E-state index contributed by atoms with van der Waals surface area (Å²) in [6.07, 6.45) is 0.919. The normalized spacial score (nSPS) is 11.9. The number of carbonyl (C=O) groups excluding carboxylic acids is 1. The molecule has 1 aromatic carbocycles.